The van der Waals surface area contributed by atoms with Crippen LogP contribution < -0.4 is 16.4 Å². The summed E-state index contributed by atoms with van der Waals surface area (Å²) in [6.07, 6.45) is -4.10. The van der Waals surface area contributed by atoms with Gasteiger partial charge in [0, 0.05) is 12.6 Å². The molecule has 0 aliphatic heterocycles. The Labute approximate surface area is 192 Å². The number of carbonyl (C=O) groups excluding carboxylic acids is 1. The number of nitrogens with one attached hydrogen (secondary N) is 2. The Morgan fingerprint density at radius 2 is 1.79 bits per heavy atom. The summed E-state index contributed by atoms with van der Waals surface area (Å²) in [7, 11) is 0. The predicted octanol–water partition coefficient (Wildman–Crippen LogP) is 5.71. The van der Waals surface area contributed by atoms with Gasteiger partial charge in [-0.1, -0.05) is 30.3 Å². The fourth-order valence-electron chi connectivity index (χ4n) is 3.48. The molecule has 0 saturated heterocycles. The molecule has 182 valence electrons. The zero-order valence-corrected chi connectivity index (χ0v) is 18.2. The van der Waals surface area contributed by atoms with Crippen LogP contribution in [0, 0.1) is 5.92 Å². The minimum Gasteiger partial charge on any atom is -0.386 e. The van der Waals surface area contributed by atoms with Crippen molar-refractivity contribution in [2.24, 2.45) is 11.7 Å². The van der Waals surface area contributed by atoms with E-state index in [0.29, 0.717) is 32.2 Å². The van der Waals surface area contributed by atoms with Crippen LogP contribution >= 0.6 is 11.6 Å². The number of benzene rings is 1. The smallest absolute Gasteiger partial charge is 0.386 e. The van der Waals surface area contributed by atoms with E-state index in [1.165, 1.54) is 0 Å². The predicted molar refractivity (Wildman–Crippen MR) is 114 cm³/mol. The third-order valence-corrected chi connectivity index (χ3v) is 5.58. The van der Waals surface area contributed by atoms with Gasteiger partial charge in [0.05, 0.1) is 27.5 Å². The van der Waals surface area contributed by atoms with Crippen molar-refractivity contribution in [1.82, 2.24) is 10.6 Å². The summed E-state index contributed by atoms with van der Waals surface area (Å²) < 4.78 is 77.4. The monoisotopic (exact) mass is 495 g/mol. The molecule has 4 nitrogen and oxygen atoms in total. The highest BCUT2D eigenvalue weighted by molar-refractivity contribution is 6.33. The van der Waals surface area contributed by atoms with Gasteiger partial charge in [0.2, 0.25) is 0 Å². The van der Waals surface area contributed by atoms with Crippen LogP contribution in [-0.2, 0) is 6.18 Å². The fourth-order valence-corrected chi connectivity index (χ4v) is 3.69. The third-order valence-electron chi connectivity index (χ3n) is 5.25. The quantitative estimate of drug-likeness (QED) is 0.335. The SMILES string of the molecule is C=C/C=C(\C=C(/N)NC[C@H]1CC[C@H](NC(=O)c2cc(C(F)(F)F)ccc2Cl)CC1)C(F)(F)F. The number of alkyl halides is 6. The van der Waals surface area contributed by atoms with Gasteiger partial charge in [-0.15, -0.1) is 0 Å². The van der Waals surface area contributed by atoms with Gasteiger partial charge in [-0.3, -0.25) is 4.79 Å². The Morgan fingerprint density at radius 3 is 2.33 bits per heavy atom. The van der Waals surface area contributed by atoms with Crippen LogP contribution in [0.3, 0.4) is 0 Å². The summed E-state index contributed by atoms with van der Waals surface area (Å²) in [6, 6.07) is 2.31. The van der Waals surface area contributed by atoms with Crippen molar-refractivity contribution < 1.29 is 31.1 Å². The van der Waals surface area contributed by atoms with Crippen molar-refractivity contribution in [3.05, 3.63) is 70.5 Å². The van der Waals surface area contributed by atoms with Crippen LogP contribution in [0.25, 0.3) is 0 Å². The van der Waals surface area contributed by atoms with Gasteiger partial charge < -0.3 is 16.4 Å². The molecule has 1 saturated carbocycles. The van der Waals surface area contributed by atoms with Crippen LogP contribution in [0.2, 0.25) is 5.02 Å². The normalized spacial score (nSPS) is 20.3. The van der Waals surface area contributed by atoms with E-state index in [-0.39, 0.29) is 28.4 Å². The topological polar surface area (TPSA) is 67.2 Å². The van der Waals surface area contributed by atoms with Gasteiger partial charge in [0.25, 0.3) is 5.91 Å². The van der Waals surface area contributed by atoms with Gasteiger partial charge in [-0.25, -0.2) is 0 Å². The second kappa shape index (κ2) is 11.0. The first-order valence-electron chi connectivity index (χ1n) is 10.1. The largest absolute Gasteiger partial charge is 0.416 e. The van der Waals surface area contributed by atoms with E-state index in [1.54, 1.807) is 0 Å². The molecule has 11 heteroatoms. The van der Waals surface area contributed by atoms with E-state index in [2.05, 4.69) is 17.2 Å². The summed E-state index contributed by atoms with van der Waals surface area (Å²) in [4.78, 5) is 12.4. The zero-order valence-electron chi connectivity index (χ0n) is 17.5. The Hall–Kier alpha value is -2.62. The van der Waals surface area contributed by atoms with Crippen LogP contribution in [0.5, 0.6) is 0 Å². The molecule has 1 amide bonds. The second-order valence-electron chi connectivity index (χ2n) is 7.72. The zero-order chi connectivity index (χ0) is 24.8. The molecule has 4 N–H and O–H groups in total. The number of hydrogen-bond acceptors (Lipinski definition) is 3. The molecule has 0 bridgehead atoms. The Balaban J connectivity index is 1.88. The Kier molecular flexibility index (Phi) is 8.88. The number of halogens is 7. The van der Waals surface area contributed by atoms with Crippen LogP contribution in [-0.4, -0.2) is 24.7 Å². The highest BCUT2D eigenvalue weighted by Crippen LogP contribution is 2.32. The molecule has 1 fully saturated rings. The molecule has 1 aromatic carbocycles. The summed E-state index contributed by atoms with van der Waals surface area (Å²) in [6.45, 7) is 3.60. The van der Waals surface area contributed by atoms with Gasteiger partial charge in [0.15, 0.2) is 0 Å². The minimum absolute atomic E-state index is 0.0793. The molecule has 0 unspecified atom stereocenters. The van der Waals surface area contributed by atoms with Crippen LogP contribution in [0.15, 0.2) is 54.4 Å². The van der Waals surface area contributed by atoms with Gasteiger partial charge in [0.1, 0.15) is 0 Å². The highest BCUT2D eigenvalue weighted by atomic mass is 35.5. The van der Waals surface area contributed by atoms with E-state index >= 15 is 0 Å². The molecule has 0 radical (unpaired) electrons. The van der Waals surface area contributed by atoms with E-state index in [4.69, 9.17) is 17.3 Å². The summed E-state index contributed by atoms with van der Waals surface area (Å²) in [5.74, 6) is -0.705. The summed E-state index contributed by atoms with van der Waals surface area (Å²) in [5.41, 5.74) is 3.52. The molecule has 33 heavy (non-hydrogen) atoms. The highest BCUT2D eigenvalue weighted by Gasteiger charge is 2.33. The van der Waals surface area contributed by atoms with E-state index in [9.17, 15) is 31.1 Å². The molecule has 2 rings (SSSR count). The molecule has 0 spiro atoms. The maximum atomic E-state index is 12.9. The molecule has 0 aromatic heterocycles. The number of carbonyl (C=O) groups is 1. The van der Waals surface area contributed by atoms with E-state index in [0.717, 1.165) is 36.4 Å². The standard InChI is InChI=1S/C22H24ClF6N3O/c1-2-3-14(21(24,25)26)11-19(30)31-12-13-4-7-16(8-5-13)32-20(33)17-10-15(22(27,28)29)6-9-18(17)23/h2-3,6,9-11,13,16,31H,1,4-5,7-8,12,30H2,(H,32,33)/b14-3+,19-11+/t13-,16-. The first-order chi connectivity index (χ1) is 15.3. The number of nitrogens with two attached hydrogens (primary N) is 1. The van der Waals surface area contributed by atoms with Crippen molar-refractivity contribution in [2.45, 2.75) is 44.1 Å². The van der Waals surface area contributed by atoms with E-state index < -0.39 is 29.4 Å². The number of amides is 1. The lowest BCUT2D eigenvalue weighted by atomic mass is 9.86. The minimum atomic E-state index is -4.59. The maximum absolute atomic E-state index is 12.9. The fraction of sp³-hybridized carbons (Fsp3) is 0.409. The molecule has 0 heterocycles. The second-order valence-corrected chi connectivity index (χ2v) is 8.13. The van der Waals surface area contributed by atoms with Crippen molar-refractivity contribution >= 4 is 17.5 Å². The summed E-state index contributed by atoms with van der Waals surface area (Å²) >= 11 is 5.90. The van der Waals surface area contributed by atoms with Gasteiger partial charge >= 0.3 is 12.4 Å². The summed E-state index contributed by atoms with van der Waals surface area (Å²) in [5, 5.41) is 5.40. The molecule has 1 aliphatic rings. The lowest BCUT2D eigenvalue weighted by Gasteiger charge is -2.29. The number of allylic oxidation sites excluding steroid dienone is 4. The van der Waals surface area contributed by atoms with Crippen LogP contribution in [0.1, 0.15) is 41.6 Å². The van der Waals surface area contributed by atoms with Crippen molar-refractivity contribution in [2.75, 3.05) is 6.54 Å². The first kappa shape index (κ1) is 26.6. The molecule has 1 aromatic rings. The van der Waals surface area contributed by atoms with Gasteiger partial charge in [-0.05, 0) is 55.9 Å². The van der Waals surface area contributed by atoms with Crippen LogP contribution in [0.4, 0.5) is 26.3 Å². The molecular weight excluding hydrogens is 472 g/mol. The van der Waals surface area contributed by atoms with Crippen molar-refractivity contribution in [3.63, 3.8) is 0 Å². The maximum Gasteiger partial charge on any atom is 0.416 e. The molecule has 1 aliphatic carbocycles. The third kappa shape index (κ3) is 8.03. The number of rotatable bonds is 7. The molecular formula is C22H24ClF6N3O. The molecule has 0 atom stereocenters. The van der Waals surface area contributed by atoms with Gasteiger partial charge in [-0.2, -0.15) is 26.3 Å². The number of hydrogen-bond donors (Lipinski definition) is 3. The van der Waals surface area contributed by atoms with Crippen molar-refractivity contribution in [3.8, 4) is 0 Å². The average molecular weight is 496 g/mol. The first-order valence-corrected chi connectivity index (χ1v) is 10.5. The Bertz CT molecular complexity index is 916. The average Bonchev–Trinajstić information content (AvgIpc) is 2.71. The lowest BCUT2D eigenvalue weighted by molar-refractivity contribution is -0.137. The van der Waals surface area contributed by atoms with Crippen molar-refractivity contribution in [1.29, 1.82) is 0 Å². The van der Waals surface area contributed by atoms with E-state index in [1.807, 2.05) is 0 Å². The Morgan fingerprint density at radius 1 is 1.15 bits per heavy atom. The lowest BCUT2D eigenvalue weighted by Crippen LogP contribution is -2.39.